The van der Waals surface area contributed by atoms with Gasteiger partial charge in [-0.05, 0) is 18.9 Å². The largest absolute Gasteiger partial charge is 0.395 e. The summed E-state index contributed by atoms with van der Waals surface area (Å²) in [5.41, 5.74) is -0.155. The number of aliphatic hydroxyl groups is 1. The fraction of sp³-hybridized carbons (Fsp3) is 0.583. The molecule has 0 atom stereocenters. The Morgan fingerprint density at radius 3 is 2.56 bits per heavy atom. The van der Waals surface area contributed by atoms with Crippen molar-refractivity contribution < 1.29 is 9.90 Å². The third-order valence-corrected chi connectivity index (χ3v) is 2.88. The Kier molecular flexibility index (Phi) is 5.51. The van der Waals surface area contributed by atoms with Gasteiger partial charge in [0.15, 0.2) is 0 Å². The molecule has 0 spiro atoms. The van der Waals surface area contributed by atoms with Gasteiger partial charge in [0.1, 0.15) is 5.69 Å². The van der Waals surface area contributed by atoms with E-state index < -0.39 is 0 Å². The number of carbonyl (C=O) groups excluding carboxylic acids is 1. The number of hydrogen-bond acceptors (Lipinski definition) is 4. The molecule has 1 amide bonds. The molecule has 0 aliphatic heterocycles. The Labute approximate surface area is 106 Å². The first-order chi connectivity index (χ1) is 8.63. The van der Waals surface area contributed by atoms with Crippen LogP contribution in [-0.4, -0.2) is 45.3 Å². The highest BCUT2D eigenvalue weighted by atomic mass is 16.3. The summed E-state index contributed by atoms with van der Waals surface area (Å²) in [7, 11) is 0. The molecule has 6 nitrogen and oxygen atoms in total. The van der Waals surface area contributed by atoms with Gasteiger partial charge in [0.05, 0.1) is 6.61 Å². The highest BCUT2D eigenvalue weighted by Crippen LogP contribution is 2.11. The molecule has 1 aromatic rings. The van der Waals surface area contributed by atoms with E-state index in [0.29, 0.717) is 0 Å². The van der Waals surface area contributed by atoms with Crippen LogP contribution in [-0.2, 0) is 0 Å². The maximum atomic E-state index is 12.2. The average Bonchev–Trinajstić information content (AvgIpc) is 2.39. The van der Waals surface area contributed by atoms with Crippen molar-refractivity contribution in [1.82, 2.24) is 15.1 Å². The van der Waals surface area contributed by atoms with Crippen LogP contribution in [0.3, 0.4) is 0 Å². The summed E-state index contributed by atoms with van der Waals surface area (Å²) in [4.78, 5) is 24.7. The highest BCUT2D eigenvalue weighted by Gasteiger charge is 2.22. The fourth-order valence-electron chi connectivity index (χ4n) is 1.90. The predicted octanol–water partition coefficient (Wildman–Crippen LogP) is 0.393. The number of carbonyl (C=O) groups is 1. The molecule has 0 unspecified atom stereocenters. The van der Waals surface area contributed by atoms with Crippen molar-refractivity contribution in [2.24, 2.45) is 0 Å². The molecule has 0 aromatic carbocycles. The molecule has 0 saturated heterocycles. The minimum absolute atomic E-state index is 0.0679. The van der Waals surface area contributed by atoms with Gasteiger partial charge in [0.2, 0.25) is 0 Å². The summed E-state index contributed by atoms with van der Waals surface area (Å²) in [6, 6.07) is 2.73. The number of aromatic nitrogens is 2. The minimum Gasteiger partial charge on any atom is -0.395 e. The minimum atomic E-state index is -0.345. The molecular formula is C12H19N3O3. The summed E-state index contributed by atoms with van der Waals surface area (Å²) < 4.78 is 0. The lowest BCUT2D eigenvalue weighted by atomic mass is 10.1. The van der Waals surface area contributed by atoms with E-state index in [1.807, 2.05) is 13.8 Å². The first-order valence-corrected chi connectivity index (χ1v) is 6.11. The van der Waals surface area contributed by atoms with Crippen molar-refractivity contribution in [2.75, 3.05) is 13.2 Å². The van der Waals surface area contributed by atoms with E-state index in [2.05, 4.69) is 10.2 Å². The number of hydrogen-bond donors (Lipinski definition) is 2. The van der Waals surface area contributed by atoms with Gasteiger partial charge in [0, 0.05) is 18.7 Å². The molecule has 100 valence electrons. The molecule has 2 N–H and O–H groups in total. The molecule has 1 aromatic heterocycles. The normalized spacial score (nSPS) is 10.7. The van der Waals surface area contributed by atoms with Crippen LogP contribution < -0.4 is 5.56 Å². The summed E-state index contributed by atoms with van der Waals surface area (Å²) in [6.07, 6.45) is 1.62. The monoisotopic (exact) mass is 253 g/mol. The molecular weight excluding hydrogens is 234 g/mol. The number of aliphatic hydroxyl groups excluding tert-OH is 1. The molecule has 0 saturated carbocycles. The van der Waals surface area contributed by atoms with Gasteiger partial charge >= 0.3 is 0 Å². The van der Waals surface area contributed by atoms with Gasteiger partial charge in [-0.3, -0.25) is 9.59 Å². The number of H-pyrrole nitrogens is 1. The summed E-state index contributed by atoms with van der Waals surface area (Å²) in [5, 5.41) is 15.0. The molecule has 0 fully saturated rings. The zero-order valence-corrected chi connectivity index (χ0v) is 10.7. The number of nitrogens with one attached hydrogen (secondary N) is 1. The van der Waals surface area contributed by atoms with Crippen LogP contribution in [0.5, 0.6) is 0 Å². The van der Waals surface area contributed by atoms with Crippen molar-refractivity contribution in [3.8, 4) is 0 Å². The van der Waals surface area contributed by atoms with Crippen LogP contribution in [0.15, 0.2) is 16.9 Å². The molecule has 18 heavy (non-hydrogen) atoms. The Balaban J connectivity index is 2.94. The summed E-state index contributed by atoms with van der Waals surface area (Å²) in [5.74, 6) is -0.269. The Hall–Kier alpha value is -1.69. The lowest BCUT2D eigenvalue weighted by Crippen LogP contribution is -2.42. The van der Waals surface area contributed by atoms with Crippen LogP contribution >= 0.6 is 0 Å². The Morgan fingerprint density at radius 1 is 1.44 bits per heavy atom. The second-order valence-electron chi connectivity index (χ2n) is 4.00. The highest BCUT2D eigenvalue weighted by molar-refractivity contribution is 5.92. The standard InChI is InChI=1S/C12H19N3O3/c1-3-9(4-2)15(7-8-16)12(18)10-5-6-11(17)14-13-10/h5-6,9,16H,3-4,7-8H2,1-2H3,(H,14,17). The maximum Gasteiger partial charge on any atom is 0.274 e. The van der Waals surface area contributed by atoms with Crippen LogP contribution in [0, 0.1) is 0 Å². The van der Waals surface area contributed by atoms with E-state index in [4.69, 9.17) is 5.11 Å². The van der Waals surface area contributed by atoms with Crippen LogP contribution in [0.25, 0.3) is 0 Å². The van der Waals surface area contributed by atoms with Gasteiger partial charge in [-0.2, -0.15) is 5.10 Å². The van der Waals surface area contributed by atoms with E-state index in [-0.39, 0.29) is 36.4 Å². The van der Waals surface area contributed by atoms with Gasteiger partial charge in [-0.15, -0.1) is 0 Å². The van der Waals surface area contributed by atoms with E-state index in [0.717, 1.165) is 12.8 Å². The van der Waals surface area contributed by atoms with E-state index in [1.54, 1.807) is 4.90 Å². The van der Waals surface area contributed by atoms with Crippen LogP contribution in [0.4, 0.5) is 0 Å². The fourth-order valence-corrected chi connectivity index (χ4v) is 1.90. The first-order valence-electron chi connectivity index (χ1n) is 6.11. The topological polar surface area (TPSA) is 86.3 Å². The molecule has 0 aliphatic carbocycles. The number of rotatable bonds is 6. The number of nitrogens with zero attached hydrogens (tertiary/aromatic N) is 2. The van der Waals surface area contributed by atoms with Crippen LogP contribution in [0.1, 0.15) is 37.2 Å². The van der Waals surface area contributed by atoms with Crippen LogP contribution in [0.2, 0.25) is 0 Å². The van der Waals surface area contributed by atoms with Crippen molar-refractivity contribution in [3.05, 3.63) is 28.2 Å². The lowest BCUT2D eigenvalue weighted by Gasteiger charge is -2.29. The van der Waals surface area contributed by atoms with Gasteiger partial charge in [0.25, 0.3) is 11.5 Å². The Bertz CT molecular complexity index is 420. The number of aromatic amines is 1. The second kappa shape index (κ2) is 6.90. The quantitative estimate of drug-likeness (QED) is 0.768. The average molecular weight is 253 g/mol. The maximum absolute atomic E-state index is 12.2. The molecule has 1 heterocycles. The van der Waals surface area contributed by atoms with E-state index in [1.165, 1.54) is 12.1 Å². The van der Waals surface area contributed by atoms with Crippen molar-refractivity contribution in [3.63, 3.8) is 0 Å². The van der Waals surface area contributed by atoms with Gasteiger partial charge in [-0.1, -0.05) is 13.8 Å². The van der Waals surface area contributed by atoms with E-state index >= 15 is 0 Å². The van der Waals surface area contributed by atoms with Gasteiger partial charge in [-0.25, -0.2) is 5.10 Å². The second-order valence-corrected chi connectivity index (χ2v) is 4.00. The zero-order valence-electron chi connectivity index (χ0n) is 10.7. The Morgan fingerprint density at radius 2 is 2.11 bits per heavy atom. The molecule has 6 heteroatoms. The molecule has 1 rings (SSSR count). The zero-order chi connectivity index (χ0) is 13.5. The SMILES string of the molecule is CCC(CC)N(CCO)C(=O)c1ccc(=O)[nH]n1. The first kappa shape index (κ1) is 14.4. The third-order valence-electron chi connectivity index (χ3n) is 2.88. The molecule has 0 aliphatic rings. The van der Waals surface area contributed by atoms with Crippen molar-refractivity contribution >= 4 is 5.91 Å². The number of amides is 1. The predicted molar refractivity (Wildman–Crippen MR) is 67.4 cm³/mol. The van der Waals surface area contributed by atoms with E-state index in [9.17, 15) is 9.59 Å². The molecule has 0 radical (unpaired) electrons. The molecule has 0 bridgehead atoms. The van der Waals surface area contributed by atoms with Crippen molar-refractivity contribution in [2.45, 2.75) is 32.7 Å². The third kappa shape index (κ3) is 3.40. The van der Waals surface area contributed by atoms with Gasteiger partial charge < -0.3 is 10.0 Å². The summed E-state index contributed by atoms with van der Waals surface area (Å²) >= 11 is 0. The summed E-state index contributed by atoms with van der Waals surface area (Å²) in [6.45, 7) is 4.16. The lowest BCUT2D eigenvalue weighted by molar-refractivity contribution is 0.0615. The van der Waals surface area contributed by atoms with Crippen molar-refractivity contribution in [1.29, 1.82) is 0 Å². The smallest absolute Gasteiger partial charge is 0.274 e.